The van der Waals surface area contributed by atoms with Crippen LogP contribution in [0.15, 0.2) is 12.4 Å². The van der Waals surface area contributed by atoms with Gasteiger partial charge in [0.05, 0.1) is 24.1 Å². The van der Waals surface area contributed by atoms with Crippen molar-refractivity contribution < 1.29 is 9.53 Å². The van der Waals surface area contributed by atoms with E-state index in [0.29, 0.717) is 12.2 Å². The lowest BCUT2D eigenvalue weighted by Crippen LogP contribution is -2.32. The van der Waals surface area contributed by atoms with Crippen molar-refractivity contribution in [2.75, 3.05) is 0 Å². The van der Waals surface area contributed by atoms with Crippen LogP contribution in [0.25, 0.3) is 0 Å². The SMILES string of the molecule is Cc1cnc(CNC(=O)OC(C)(C)C)cn1. The molecule has 0 aromatic carbocycles. The first-order valence-corrected chi connectivity index (χ1v) is 5.11. The van der Waals surface area contributed by atoms with Gasteiger partial charge in [0.1, 0.15) is 5.60 Å². The van der Waals surface area contributed by atoms with E-state index in [0.717, 1.165) is 5.69 Å². The molecule has 1 N–H and O–H groups in total. The number of carbonyl (C=O) groups is 1. The maximum absolute atomic E-state index is 11.3. The predicted octanol–water partition coefficient (Wildman–Crippen LogP) is 1.81. The Kier molecular flexibility index (Phi) is 3.82. The molecule has 0 saturated carbocycles. The molecular formula is C11H17N3O2. The maximum atomic E-state index is 11.3. The molecule has 0 saturated heterocycles. The third-order valence-electron chi connectivity index (χ3n) is 1.65. The van der Waals surface area contributed by atoms with Crippen molar-refractivity contribution in [1.29, 1.82) is 0 Å². The quantitative estimate of drug-likeness (QED) is 0.830. The van der Waals surface area contributed by atoms with Gasteiger partial charge in [-0.15, -0.1) is 0 Å². The number of rotatable bonds is 2. The first-order valence-electron chi connectivity index (χ1n) is 5.11. The zero-order valence-electron chi connectivity index (χ0n) is 10.1. The number of amides is 1. The summed E-state index contributed by atoms with van der Waals surface area (Å²) in [6.45, 7) is 7.63. The summed E-state index contributed by atoms with van der Waals surface area (Å²) >= 11 is 0. The minimum absolute atomic E-state index is 0.322. The highest BCUT2D eigenvalue weighted by molar-refractivity contribution is 5.67. The topological polar surface area (TPSA) is 64.1 Å². The molecule has 5 heteroatoms. The molecule has 0 aliphatic heterocycles. The molecule has 1 rings (SSSR count). The molecule has 1 heterocycles. The summed E-state index contributed by atoms with van der Waals surface area (Å²) in [6.07, 6.45) is 2.84. The van der Waals surface area contributed by atoms with Gasteiger partial charge in [-0.2, -0.15) is 0 Å². The van der Waals surface area contributed by atoms with E-state index >= 15 is 0 Å². The fourth-order valence-electron chi connectivity index (χ4n) is 0.988. The van der Waals surface area contributed by atoms with E-state index in [4.69, 9.17) is 4.74 Å². The molecule has 0 atom stereocenters. The van der Waals surface area contributed by atoms with Crippen molar-refractivity contribution in [2.24, 2.45) is 0 Å². The fourth-order valence-corrected chi connectivity index (χ4v) is 0.988. The number of alkyl carbamates (subject to hydrolysis) is 1. The summed E-state index contributed by atoms with van der Waals surface area (Å²) in [4.78, 5) is 19.5. The first-order chi connectivity index (χ1) is 7.37. The van der Waals surface area contributed by atoms with Crippen LogP contribution in [-0.2, 0) is 11.3 Å². The zero-order chi connectivity index (χ0) is 12.2. The van der Waals surface area contributed by atoms with E-state index in [1.165, 1.54) is 0 Å². The number of nitrogens with one attached hydrogen (secondary N) is 1. The number of carbonyl (C=O) groups excluding carboxylic acids is 1. The largest absolute Gasteiger partial charge is 0.444 e. The van der Waals surface area contributed by atoms with Crippen molar-refractivity contribution >= 4 is 6.09 Å². The first kappa shape index (κ1) is 12.4. The van der Waals surface area contributed by atoms with Crippen molar-refractivity contribution in [1.82, 2.24) is 15.3 Å². The van der Waals surface area contributed by atoms with E-state index in [2.05, 4.69) is 15.3 Å². The highest BCUT2D eigenvalue weighted by atomic mass is 16.6. The molecular weight excluding hydrogens is 206 g/mol. The standard InChI is InChI=1S/C11H17N3O2/c1-8-5-13-9(6-12-8)7-14-10(15)16-11(2,3)4/h5-6H,7H2,1-4H3,(H,14,15). The van der Waals surface area contributed by atoms with Crippen molar-refractivity contribution in [2.45, 2.75) is 39.8 Å². The molecule has 0 bridgehead atoms. The van der Waals surface area contributed by atoms with Gasteiger partial charge >= 0.3 is 6.09 Å². The molecule has 0 fully saturated rings. The van der Waals surface area contributed by atoms with Crippen LogP contribution in [0.3, 0.4) is 0 Å². The van der Waals surface area contributed by atoms with E-state index < -0.39 is 11.7 Å². The van der Waals surface area contributed by atoms with Crippen LogP contribution in [0.4, 0.5) is 4.79 Å². The second kappa shape index (κ2) is 4.92. The van der Waals surface area contributed by atoms with Crippen LogP contribution in [0.5, 0.6) is 0 Å². The summed E-state index contributed by atoms with van der Waals surface area (Å²) in [6, 6.07) is 0. The number of hydrogen-bond donors (Lipinski definition) is 1. The molecule has 1 aromatic heterocycles. The monoisotopic (exact) mass is 223 g/mol. The van der Waals surface area contributed by atoms with Gasteiger partial charge in [-0.3, -0.25) is 9.97 Å². The van der Waals surface area contributed by atoms with Gasteiger partial charge in [0, 0.05) is 6.20 Å². The predicted molar refractivity (Wildman–Crippen MR) is 59.8 cm³/mol. The van der Waals surface area contributed by atoms with Crippen molar-refractivity contribution in [3.05, 3.63) is 23.8 Å². The Morgan fingerprint density at radius 3 is 2.56 bits per heavy atom. The van der Waals surface area contributed by atoms with Gasteiger partial charge in [-0.1, -0.05) is 0 Å². The van der Waals surface area contributed by atoms with Crippen LogP contribution >= 0.6 is 0 Å². The smallest absolute Gasteiger partial charge is 0.407 e. The lowest BCUT2D eigenvalue weighted by Gasteiger charge is -2.19. The molecule has 0 spiro atoms. The molecule has 0 aliphatic rings. The van der Waals surface area contributed by atoms with Crippen LogP contribution < -0.4 is 5.32 Å². The van der Waals surface area contributed by atoms with E-state index in [1.54, 1.807) is 12.4 Å². The summed E-state index contributed by atoms with van der Waals surface area (Å²) in [5.74, 6) is 0. The van der Waals surface area contributed by atoms with Crippen LogP contribution in [0, 0.1) is 6.92 Å². The molecule has 0 unspecified atom stereocenters. The lowest BCUT2D eigenvalue weighted by molar-refractivity contribution is 0.0523. The van der Waals surface area contributed by atoms with Crippen LogP contribution in [0.2, 0.25) is 0 Å². The van der Waals surface area contributed by atoms with Crippen LogP contribution in [-0.4, -0.2) is 21.7 Å². The zero-order valence-corrected chi connectivity index (χ0v) is 10.1. The Balaban J connectivity index is 2.40. The van der Waals surface area contributed by atoms with Gasteiger partial charge in [-0.25, -0.2) is 4.79 Å². The number of aryl methyl sites for hydroxylation is 1. The van der Waals surface area contributed by atoms with Crippen LogP contribution in [0.1, 0.15) is 32.2 Å². The Hall–Kier alpha value is -1.65. The molecule has 88 valence electrons. The molecule has 1 amide bonds. The molecule has 1 aromatic rings. The lowest BCUT2D eigenvalue weighted by atomic mass is 10.2. The average Bonchev–Trinajstić information content (AvgIpc) is 2.14. The number of aromatic nitrogens is 2. The second-order valence-electron chi connectivity index (χ2n) is 4.50. The van der Waals surface area contributed by atoms with Gasteiger partial charge in [0.2, 0.25) is 0 Å². The summed E-state index contributed by atoms with van der Waals surface area (Å²) in [5.41, 5.74) is 1.07. The number of hydrogen-bond acceptors (Lipinski definition) is 4. The summed E-state index contributed by atoms with van der Waals surface area (Å²) in [7, 11) is 0. The fraction of sp³-hybridized carbons (Fsp3) is 0.545. The van der Waals surface area contributed by atoms with Gasteiger partial charge < -0.3 is 10.1 Å². The third-order valence-corrected chi connectivity index (χ3v) is 1.65. The minimum Gasteiger partial charge on any atom is -0.444 e. The number of nitrogens with zero attached hydrogens (tertiary/aromatic N) is 2. The van der Waals surface area contributed by atoms with Crippen molar-refractivity contribution in [3.8, 4) is 0 Å². The van der Waals surface area contributed by atoms with Gasteiger partial charge in [0.15, 0.2) is 0 Å². The Labute approximate surface area is 95.3 Å². The van der Waals surface area contributed by atoms with E-state index in [1.807, 2.05) is 27.7 Å². The number of ether oxygens (including phenoxy) is 1. The maximum Gasteiger partial charge on any atom is 0.407 e. The van der Waals surface area contributed by atoms with Gasteiger partial charge in [0.25, 0.3) is 0 Å². The second-order valence-corrected chi connectivity index (χ2v) is 4.50. The molecule has 0 aliphatic carbocycles. The molecule has 0 radical (unpaired) electrons. The third kappa shape index (κ3) is 4.72. The summed E-state index contributed by atoms with van der Waals surface area (Å²) < 4.78 is 5.08. The van der Waals surface area contributed by atoms with Gasteiger partial charge in [-0.05, 0) is 27.7 Å². The minimum atomic E-state index is -0.483. The Bertz CT molecular complexity index is 354. The highest BCUT2D eigenvalue weighted by Crippen LogP contribution is 2.06. The summed E-state index contributed by atoms with van der Waals surface area (Å²) in [5, 5.41) is 2.61. The molecule has 16 heavy (non-hydrogen) atoms. The van der Waals surface area contributed by atoms with Crippen molar-refractivity contribution in [3.63, 3.8) is 0 Å². The van der Waals surface area contributed by atoms with E-state index in [9.17, 15) is 4.79 Å². The average molecular weight is 223 g/mol. The Morgan fingerprint density at radius 2 is 2.06 bits per heavy atom. The van der Waals surface area contributed by atoms with E-state index in [-0.39, 0.29) is 0 Å². The normalized spacial score (nSPS) is 11.0. The highest BCUT2D eigenvalue weighted by Gasteiger charge is 2.15. The Morgan fingerprint density at radius 1 is 1.38 bits per heavy atom. The molecule has 5 nitrogen and oxygen atoms in total.